The molecule has 1 aliphatic heterocycles. The Morgan fingerprint density at radius 1 is 0.958 bits per heavy atom. The second-order valence-electron chi connectivity index (χ2n) is 6.70. The van der Waals surface area contributed by atoms with Gasteiger partial charge in [0.1, 0.15) is 0 Å². The van der Waals surface area contributed by atoms with E-state index in [4.69, 9.17) is 0 Å². The molecule has 2 aromatic rings. The number of aliphatic hydroxyl groups excluding tert-OH is 1. The number of aliphatic hydroxyl groups is 1. The molecule has 0 bridgehead atoms. The van der Waals surface area contributed by atoms with Crippen LogP contribution in [0.3, 0.4) is 0 Å². The Morgan fingerprint density at radius 3 is 2.08 bits per heavy atom. The molecule has 3 rings (SSSR count). The van der Waals surface area contributed by atoms with E-state index in [1.54, 1.807) is 0 Å². The van der Waals surface area contributed by atoms with Crippen molar-refractivity contribution in [2.24, 2.45) is 0 Å². The highest BCUT2D eigenvalue weighted by Gasteiger charge is 2.17. The van der Waals surface area contributed by atoms with E-state index in [0.717, 1.165) is 25.9 Å². The van der Waals surface area contributed by atoms with Gasteiger partial charge in [-0.1, -0.05) is 12.1 Å². The molecule has 1 aromatic carbocycles. The van der Waals surface area contributed by atoms with Crippen molar-refractivity contribution in [1.29, 1.82) is 0 Å². The number of benzene rings is 1. The van der Waals surface area contributed by atoms with Gasteiger partial charge in [0.25, 0.3) is 0 Å². The third kappa shape index (κ3) is 4.13. The molecule has 24 heavy (non-hydrogen) atoms. The number of rotatable bonds is 5. The molecule has 2 heterocycles. The number of nitrogens with one attached hydrogen (secondary N) is 1. The highest BCUT2D eigenvalue weighted by Crippen LogP contribution is 2.24. The normalized spacial score (nSPS) is 18.4. The van der Waals surface area contributed by atoms with Crippen LogP contribution in [-0.2, 0) is 0 Å². The van der Waals surface area contributed by atoms with Crippen molar-refractivity contribution in [3.05, 3.63) is 59.9 Å². The fourth-order valence-corrected chi connectivity index (χ4v) is 3.32. The van der Waals surface area contributed by atoms with Crippen LogP contribution in [-0.4, -0.2) is 29.3 Å². The van der Waals surface area contributed by atoms with Gasteiger partial charge in [0.2, 0.25) is 0 Å². The maximum Gasteiger partial charge on any atom is 0.0574 e. The molecule has 2 atom stereocenters. The van der Waals surface area contributed by atoms with Gasteiger partial charge in [-0.15, -0.1) is 0 Å². The second-order valence-corrected chi connectivity index (χ2v) is 6.70. The zero-order valence-electron chi connectivity index (χ0n) is 14.5. The number of pyridine rings is 1. The summed E-state index contributed by atoms with van der Waals surface area (Å²) in [6, 6.07) is 13.5. The molecule has 4 heteroatoms. The van der Waals surface area contributed by atoms with Crippen molar-refractivity contribution < 1.29 is 5.11 Å². The molecule has 1 saturated heterocycles. The van der Waals surface area contributed by atoms with E-state index < -0.39 is 0 Å². The van der Waals surface area contributed by atoms with Crippen LogP contribution in [0.25, 0.3) is 0 Å². The number of nitrogens with zero attached hydrogens (tertiary/aromatic N) is 2. The lowest BCUT2D eigenvalue weighted by atomic mass is 10.0. The first kappa shape index (κ1) is 16.9. The molecule has 0 radical (unpaired) electrons. The highest BCUT2D eigenvalue weighted by atomic mass is 16.3. The molecule has 0 amide bonds. The lowest BCUT2D eigenvalue weighted by Gasteiger charge is -2.31. The minimum absolute atomic E-state index is 0.126. The van der Waals surface area contributed by atoms with Gasteiger partial charge in [-0.25, -0.2) is 0 Å². The van der Waals surface area contributed by atoms with Crippen LogP contribution in [0.5, 0.6) is 0 Å². The molecule has 2 N–H and O–H groups in total. The third-order valence-corrected chi connectivity index (χ3v) is 4.93. The number of anilines is 1. The smallest absolute Gasteiger partial charge is 0.0574 e. The number of hydrogen-bond acceptors (Lipinski definition) is 4. The molecule has 2 unspecified atom stereocenters. The van der Waals surface area contributed by atoms with Gasteiger partial charge in [0, 0.05) is 43.3 Å². The predicted octanol–water partition coefficient (Wildman–Crippen LogP) is 3.45. The fourth-order valence-electron chi connectivity index (χ4n) is 3.32. The first-order valence-corrected chi connectivity index (χ1v) is 8.82. The largest absolute Gasteiger partial charge is 0.393 e. The summed E-state index contributed by atoms with van der Waals surface area (Å²) in [5, 5.41) is 13.3. The average Bonchev–Trinajstić information content (AvgIpc) is 2.63. The van der Waals surface area contributed by atoms with Crippen LogP contribution < -0.4 is 10.2 Å². The summed E-state index contributed by atoms with van der Waals surface area (Å²) < 4.78 is 0. The molecule has 0 aliphatic carbocycles. The quantitative estimate of drug-likeness (QED) is 0.884. The van der Waals surface area contributed by atoms with Gasteiger partial charge in [0.15, 0.2) is 0 Å². The van der Waals surface area contributed by atoms with E-state index in [1.165, 1.54) is 16.8 Å². The van der Waals surface area contributed by atoms with Crippen LogP contribution in [0.4, 0.5) is 5.69 Å². The van der Waals surface area contributed by atoms with Gasteiger partial charge in [-0.2, -0.15) is 0 Å². The van der Waals surface area contributed by atoms with Crippen molar-refractivity contribution in [1.82, 2.24) is 10.3 Å². The van der Waals surface area contributed by atoms with E-state index in [-0.39, 0.29) is 18.2 Å². The van der Waals surface area contributed by atoms with Gasteiger partial charge < -0.3 is 15.3 Å². The Morgan fingerprint density at radius 2 is 1.50 bits per heavy atom. The SMILES string of the molecule is CC(NC(C)c1ccc(N2CCC(O)CC2)cc1)c1ccncc1. The van der Waals surface area contributed by atoms with E-state index in [1.807, 2.05) is 12.4 Å². The molecule has 128 valence electrons. The lowest BCUT2D eigenvalue weighted by molar-refractivity contribution is 0.145. The van der Waals surface area contributed by atoms with Crippen molar-refractivity contribution in [3.63, 3.8) is 0 Å². The van der Waals surface area contributed by atoms with Gasteiger partial charge >= 0.3 is 0 Å². The minimum Gasteiger partial charge on any atom is -0.393 e. The second kappa shape index (κ2) is 7.77. The Kier molecular flexibility index (Phi) is 5.48. The van der Waals surface area contributed by atoms with E-state index in [2.05, 4.69) is 65.4 Å². The van der Waals surface area contributed by atoms with Crippen molar-refractivity contribution in [2.75, 3.05) is 18.0 Å². The Hall–Kier alpha value is -1.91. The topological polar surface area (TPSA) is 48.4 Å². The van der Waals surface area contributed by atoms with Crippen molar-refractivity contribution >= 4 is 5.69 Å². The molecule has 4 nitrogen and oxygen atoms in total. The Labute approximate surface area is 144 Å². The summed E-state index contributed by atoms with van der Waals surface area (Å²) >= 11 is 0. The summed E-state index contributed by atoms with van der Waals surface area (Å²) in [5.74, 6) is 0. The molecule has 1 aliphatic rings. The summed E-state index contributed by atoms with van der Waals surface area (Å²) in [7, 11) is 0. The van der Waals surface area contributed by atoms with Gasteiger partial charge in [-0.3, -0.25) is 4.98 Å². The maximum atomic E-state index is 9.63. The molecule has 0 spiro atoms. The molecular weight excluding hydrogens is 298 g/mol. The van der Waals surface area contributed by atoms with Gasteiger partial charge in [0.05, 0.1) is 6.10 Å². The van der Waals surface area contributed by atoms with E-state index in [9.17, 15) is 5.11 Å². The molecule has 1 fully saturated rings. The lowest BCUT2D eigenvalue weighted by Crippen LogP contribution is -2.35. The first-order valence-electron chi connectivity index (χ1n) is 8.82. The highest BCUT2D eigenvalue weighted by molar-refractivity contribution is 5.48. The summed E-state index contributed by atoms with van der Waals surface area (Å²) in [5.41, 5.74) is 3.79. The summed E-state index contributed by atoms with van der Waals surface area (Å²) in [6.45, 7) is 6.25. The number of piperidine rings is 1. The van der Waals surface area contributed by atoms with Gasteiger partial charge in [-0.05, 0) is 62.1 Å². The van der Waals surface area contributed by atoms with Crippen LogP contribution in [0, 0.1) is 0 Å². The monoisotopic (exact) mass is 325 g/mol. The van der Waals surface area contributed by atoms with Crippen molar-refractivity contribution in [2.45, 2.75) is 44.9 Å². The van der Waals surface area contributed by atoms with Crippen LogP contribution >= 0.6 is 0 Å². The van der Waals surface area contributed by atoms with E-state index >= 15 is 0 Å². The van der Waals surface area contributed by atoms with E-state index in [0.29, 0.717) is 0 Å². The number of aromatic nitrogens is 1. The Balaban J connectivity index is 1.60. The third-order valence-electron chi connectivity index (χ3n) is 4.93. The van der Waals surface area contributed by atoms with Crippen LogP contribution in [0.2, 0.25) is 0 Å². The fraction of sp³-hybridized carbons (Fsp3) is 0.450. The Bertz CT molecular complexity index is 621. The zero-order chi connectivity index (χ0) is 16.9. The first-order chi connectivity index (χ1) is 11.6. The van der Waals surface area contributed by atoms with Crippen LogP contribution in [0.1, 0.15) is 49.9 Å². The summed E-state index contributed by atoms with van der Waals surface area (Å²) in [4.78, 5) is 6.43. The molecule has 1 aromatic heterocycles. The maximum absolute atomic E-state index is 9.63. The number of hydrogen-bond donors (Lipinski definition) is 2. The average molecular weight is 325 g/mol. The molecular formula is C20H27N3O. The predicted molar refractivity (Wildman–Crippen MR) is 98.1 cm³/mol. The zero-order valence-corrected chi connectivity index (χ0v) is 14.5. The molecule has 0 saturated carbocycles. The standard InChI is InChI=1S/C20H27N3O/c1-15(22-16(2)18-7-11-21-12-8-18)17-3-5-19(6-4-17)23-13-9-20(24)10-14-23/h3-8,11-12,15-16,20,22,24H,9-10,13-14H2,1-2H3. The van der Waals surface area contributed by atoms with Crippen molar-refractivity contribution in [3.8, 4) is 0 Å². The minimum atomic E-state index is -0.126. The van der Waals surface area contributed by atoms with Crippen LogP contribution in [0.15, 0.2) is 48.8 Å². The summed E-state index contributed by atoms with van der Waals surface area (Å²) in [6.07, 6.45) is 5.27.